The minimum Gasteiger partial charge on any atom is -0.494 e. The van der Waals surface area contributed by atoms with E-state index in [1.807, 2.05) is 32.9 Å². The molecule has 2 aromatic carbocycles. The van der Waals surface area contributed by atoms with E-state index in [9.17, 15) is 4.79 Å². The van der Waals surface area contributed by atoms with Gasteiger partial charge in [-0.25, -0.2) is 0 Å². The molecule has 3 aromatic rings. The molecule has 0 fully saturated rings. The number of benzene rings is 2. The molecule has 1 heterocycles. The molecule has 7 heteroatoms. The van der Waals surface area contributed by atoms with Crippen LogP contribution < -0.4 is 14.8 Å². The fraction of sp³-hybridized carbons (Fsp3) is 0.286. The molecule has 0 bridgehead atoms. The van der Waals surface area contributed by atoms with E-state index in [1.165, 1.54) is 5.56 Å². The largest absolute Gasteiger partial charge is 0.494 e. The number of rotatable bonds is 8. The third-order valence-corrected chi connectivity index (χ3v) is 4.06. The molecule has 1 aromatic heterocycles. The Morgan fingerprint density at radius 1 is 1.04 bits per heavy atom. The molecule has 0 saturated carbocycles. The molecule has 0 atom stereocenters. The van der Waals surface area contributed by atoms with E-state index in [4.69, 9.17) is 13.9 Å². The van der Waals surface area contributed by atoms with Crippen molar-refractivity contribution in [2.24, 2.45) is 0 Å². The molecule has 3 rings (SSSR count). The lowest BCUT2D eigenvalue weighted by molar-refractivity contribution is -0.118. The Bertz CT molecular complexity index is 935. The van der Waals surface area contributed by atoms with Crippen LogP contribution in [0.4, 0.5) is 6.01 Å². The molecular weight excluding hydrogens is 358 g/mol. The molecule has 146 valence electrons. The molecule has 28 heavy (non-hydrogen) atoms. The van der Waals surface area contributed by atoms with Gasteiger partial charge in [0.05, 0.1) is 13.0 Å². The Hall–Kier alpha value is -3.35. The number of nitrogens with one attached hydrogen (secondary N) is 1. The third-order valence-electron chi connectivity index (χ3n) is 4.06. The highest BCUT2D eigenvalue weighted by atomic mass is 16.5. The van der Waals surface area contributed by atoms with Crippen molar-refractivity contribution in [3.8, 4) is 11.5 Å². The summed E-state index contributed by atoms with van der Waals surface area (Å²) in [5.74, 6) is 1.38. The molecule has 0 spiro atoms. The Morgan fingerprint density at radius 2 is 1.75 bits per heavy atom. The Kier molecular flexibility index (Phi) is 6.26. The second kappa shape index (κ2) is 9.03. The van der Waals surface area contributed by atoms with Crippen LogP contribution in [0.25, 0.3) is 0 Å². The van der Waals surface area contributed by atoms with Crippen molar-refractivity contribution >= 4 is 11.9 Å². The number of aromatic nitrogens is 2. The summed E-state index contributed by atoms with van der Waals surface area (Å²) in [5, 5.41) is 10.4. The third kappa shape index (κ3) is 5.33. The van der Waals surface area contributed by atoms with Gasteiger partial charge in [-0.3, -0.25) is 10.1 Å². The van der Waals surface area contributed by atoms with Crippen LogP contribution in [0, 0.1) is 13.8 Å². The van der Waals surface area contributed by atoms with Gasteiger partial charge < -0.3 is 13.9 Å². The summed E-state index contributed by atoms with van der Waals surface area (Å²) in [4.78, 5) is 12.0. The number of ether oxygens (including phenoxy) is 2. The average molecular weight is 381 g/mol. The first-order valence-corrected chi connectivity index (χ1v) is 9.07. The number of anilines is 1. The lowest BCUT2D eigenvalue weighted by Gasteiger charge is -2.07. The van der Waals surface area contributed by atoms with Gasteiger partial charge in [0.2, 0.25) is 5.89 Å². The van der Waals surface area contributed by atoms with E-state index in [2.05, 4.69) is 21.6 Å². The molecule has 0 aliphatic rings. The molecule has 0 aliphatic carbocycles. The molecule has 7 nitrogen and oxygen atoms in total. The number of hydrogen-bond acceptors (Lipinski definition) is 6. The minimum atomic E-state index is -0.379. The highest BCUT2D eigenvalue weighted by Gasteiger charge is 2.12. The first-order chi connectivity index (χ1) is 13.5. The maximum atomic E-state index is 12.0. The van der Waals surface area contributed by atoms with Gasteiger partial charge in [-0.15, -0.1) is 5.10 Å². The summed E-state index contributed by atoms with van der Waals surface area (Å²) in [6.07, 6.45) is 0.512. The van der Waals surface area contributed by atoms with Gasteiger partial charge in [0.1, 0.15) is 11.5 Å². The van der Waals surface area contributed by atoms with Gasteiger partial charge in [-0.1, -0.05) is 28.9 Å². The molecule has 0 saturated heterocycles. The monoisotopic (exact) mass is 381 g/mol. The van der Waals surface area contributed by atoms with Crippen LogP contribution in [0.15, 0.2) is 46.9 Å². The second-order valence-electron chi connectivity index (χ2n) is 6.35. The molecule has 1 N–H and O–H groups in total. The topological polar surface area (TPSA) is 86.5 Å². The number of carbonyl (C=O) groups is 1. The summed E-state index contributed by atoms with van der Waals surface area (Å²) in [6.45, 7) is 6.44. The fourth-order valence-electron chi connectivity index (χ4n) is 2.69. The first kappa shape index (κ1) is 19.4. The zero-order chi connectivity index (χ0) is 19.9. The highest BCUT2D eigenvalue weighted by Crippen LogP contribution is 2.18. The van der Waals surface area contributed by atoms with E-state index in [0.717, 1.165) is 16.9 Å². The molecular formula is C21H23N3O4. The van der Waals surface area contributed by atoms with Gasteiger partial charge in [0.15, 0.2) is 6.61 Å². The zero-order valence-corrected chi connectivity index (χ0v) is 16.2. The number of nitrogens with zero attached hydrogens (tertiary/aromatic N) is 2. The Labute approximate surface area is 163 Å². The zero-order valence-electron chi connectivity index (χ0n) is 16.2. The van der Waals surface area contributed by atoms with Crippen LogP contribution in [0.2, 0.25) is 0 Å². The molecule has 0 radical (unpaired) electrons. The first-order valence-electron chi connectivity index (χ1n) is 9.07. The van der Waals surface area contributed by atoms with Crippen LogP contribution >= 0.6 is 0 Å². The van der Waals surface area contributed by atoms with Crippen molar-refractivity contribution in [2.45, 2.75) is 27.2 Å². The highest BCUT2D eigenvalue weighted by molar-refractivity contribution is 5.89. The second-order valence-corrected chi connectivity index (χ2v) is 6.35. The van der Waals surface area contributed by atoms with E-state index in [0.29, 0.717) is 24.7 Å². The van der Waals surface area contributed by atoms with Crippen molar-refractivity contribution in [3.63, 3.8) is 0 Å². The Morgan fingerprint density at radius 3 is 2.43 bits per heavy atom. The minimum absolute atomic E-state index is 0.0556. The maximum absolute atomic E-state index is 12.0. The van der Waals surface area contributed by atoms with E-state index in [-0.39, 0.29) is 18.5 Å². The summed E-state index contributed by atoms with van der Waals surface area (Å²) in [5.41, 5.74) is 3.46. The van der Waals surface area contributed by atoms with Crippen LogP contribution in [-0.2, 0) is 11.2 Å². The lowest BCUT2D eigenvalue weighted by Crippen LogP contribution is -2.20. The summed E-state index contributed by atoms with van der Waals surface area (Å²) >= 11 is 0. The van der Waals surface area contributed by atoms with Crippen molar-refractivity contribution in [1.82, 2.24) is 10.2 Å². The van der Waals surface area contributed by atoms with Crippen molar-refractivity contribution in [1.29, 1.82) is 0 Å². The predicted molar refractivity (Wildman–Crippen MR) is 105 cm³/mol. The van der Waals surface area contributed by atoms with Crippen molar-refractivity contribution < 1.29 is 18.7 Å². The van der Waals surface area contributed by atoms with Crippen molar-refractivity contribution in [3.05, 3.63) is 65.0 Å². The number of amides is 1. The lowest BCUT2D eigenvalue weighted by atomic mass is 10.0. The van der Waals surface area contributed by atoms with E-state index < -0.39 is 0 Å². The predicted octanol–water partition coefficient (Wildman–Crippen LogP) is 3.69. The quantitative estimate of drug-likeness (QED) is 0.640. The smallest absolute Gasteiger partial charge is 0.322 e. The summed E-state index contributed by atoms with van der Waals surface area (Å²) < 4.78 is 16.3. The summed E-state index contributed by atoms with van der Waals surface area (Å²) in [6, 6.07) is 13.3. The number of aryl methyl sites for hydroxylation is 2. The van der Waals surface area contributed by atoms with Gasteiger partial charge in [-0.2, -0.15) is 0 Å². The molecule has 1 amide bonds. The van der Waals surface area contributed by atoms with Crippen LogP contribution in [-0.4, -0.2) is 29.3 Å². The molecule has 0 unspecified atom stereocenters. The summed E-state index contributed by atoms with van der Waals surface area (Å²) in [7, 11) is 0. The van der Waals surface area contributed by atoms with Crippen molar-refractivity contribution in [2.75, 3.05) is 18.5 Å². The Balaban J connectivity index is 1.50. The van der Waals surface area contributed by atoms with Gasteiger partial charge >= 0.3 is 6.01 Å². The van der Waals surface area contributed by atoms with E-state index in [1.54, 1.807) is 24.3 Å². The van der Waals surface area contributed by atoms with Gasteiger partial charge in [-0.05, 0) is 56.2 Å². The standard InChI is InChI=1S/C21H23N3O4/c1-4-26-17-7-9-18(10-8-17)27-13-19(25)22-21-24-23-20(28-21)12-16-6-5-14(2)11-15(16)3/h5-11H,4,12-13H2,1-3H3,(H,22,24,25). The maximum Gasteiger partial charge on any atom is 0.322 e. The van der Waals surface area contributed by atoms with E-state index >= 15 is 0 Å². The van der Waals surface area contributed by atoms with Crippen LogP contribution in [0.3, 0.4) is 0 Å². The number of carbonyl (C=O) groups excluding carboxylic acids is 1. The SMILES string of the molecule is CCOc1ccc(OCC(=O)Nc2nnc(Cc3ccc(C)cc3C)o2)cc1. The molecule has 0 aliphatic heterocycles. The normalized spacial score (nSPS) is 10.5. The fourth-order valence-corrected chi connectivity index (χ4v) is 2.69. The number of hydrogen-bond donors (Lipinski definition) is 1. The van der Waals surface area contributed by atoms with Crippen LogP contribution in [0.5, 0.6) is 11.5 Å². The average Bonchev–Trinajstić information content (AvgIpc) is 3.10. The van der Waals surface area contributed by atoms with Crippen LogP contribution in [0.1, 0.15) is 29.5 Å². The van der Waals surface area contributed by atoms with Gasteiger partial charge in [0, 0.05) is 0 Å². The van der Waals surface area contributed by atoms with Gasteiger partial charge in [0.25, 0.3) is 5.91 Å².